The minimum absolute atomic E-state index is 0.476. The van der Waals surface area contributed by atoms with Gasteiger partial charge < -0.3 is 10.2 Å². The van der Waals surface area contributed by atoms with E-state index < -0.39 is 0 Å². The monoisotopic (exact) mass is 289 g/mol. The number of aromatic nitrogens is 1. The molecule has 1 aromatic heterocycles. The number of aryl methyl sites for hydroxylation is 1. The fourth-order valence-corrected chi connectivity index (χ4v) is 3.00. The van der Waals surface area contributed by atoms with Crippen LogP contribution < -0.4 is 10.2 Å². The van der Waals surface area contributed by atoms with Crippen LogP contribution in [0.3, 0.4) is 0 Å². The molecule has 1 aliphatic heterocycles. The van der Waals surface area contributed by atoms with E-state index in [0.29, 0.717) is 5.41 Å². The Bertz CT molecular complexity index is 454. The van der Waals surface area contributed by atoms with Gasteiger partial charge in [0.15, 0.2) is 0 Å². The first-order valence-corrected chi connectivity index (χ1v) is 8.49. The lowest BCUT2D eigenvalue weighted by Gasteiger charge is -2.25. The second-order valence-electron chi connectivity index (χ2n) is 6.96. The van der Waals surface area contributed by atoms with Gasteiger partial charge in [-0.15, -0.1) is 0 Å². The third-order valence-electron chi connectivity index (χ3n) is 4.53. The second-order valence-corrected chi connectivity index (χ2v) is 6.96. The number of hydrogen-bond donors (Lipinski definition) is 1. The number of pyridine rings is 1. The van der Waals surface area contributed by atoms with Crippen molar-refractivity contribution in [2.75, 3.05) is 24.5 Å². The molecule has 3 nitrogen and oxygen atoms in total. The smallest absolute Gasteiger partial charge is 0.129 e. The molecule has 0 spiro atoms. The Labute approximate surface area is 130 Å². The van der Waals surface area contributed by atoms with Crippen molar-refractivity contribution in [3.63, 3.8) is 0 Å². The van der Waals surface area contributed by atoms with Crippen LogP contribution in [0.1, 0.15) is 58.2 Å². The lowest BCUT2D eigenvalue weighted by Crippen LogP contribution is -2.26. The molecule has 0 aliphatic carbocycles. The molecule has 118 valence electrons. The largest absolute Gasteiger partial charge is 0.357 e. The number of nitrogens with zero attached hydrogens (tertiary/aromatic N) is 2. The summed E-state index contributed by atoms with van der Waals surface area (Å²) >= 11 is 0. The summed E-state index contributed by atoms with van der Waals surface area (Å²) in [6, 6.07) is 4.52. The summed E-state index contributed by atoms with van der Waals surface area (Å²) < 4.78 is 0. The van der Waals surface area contributed by atoms with Gasteiger partial charge in [0.1, 0.15) is 5.82 Å². The Morgan fingerprint density at radius 2 is 2.00 bits per heavy atom. The van der Waals surface area contributed by atoms with Crippen LogP contribution in [0, 0.1) is 5.41 Å². The first-order valence-electron chi connectivity index (χ1n) is 8.49. The summed E-state index contributed by atoms with van der Waals surface area (Å²) in [5.74, 6) is 1.18. The van der Waals surface area contributed by atoms with E-state index in [0.717, 1.165) is 32.6 Å². The van der Waals surface area contributed by atoms with E-state index in [1.165, 1.54) is 36.3 Å². The molecule has 0 saturated carbocycles. The van der Waals surface area contributed by atoms with Crippen molar-refractivity contribution in [2.45, 2.75) is 59.9 Å². The molecule has 3 heteroatoms. The van der Waals surface area contributed by atoms with Crippen LogP contribution in [0.4, 0.5) is 5.82 Å². The molecule has 1 aromatic rings. The van der Waals surface area contributed by atoms with Gasteiger partial charge in [0.25, 0.3) is 0 Å². The summed E-state index contributed by atoms with van der Waals surface area (Å²) in [5, 5.41) is 3.43. The molecule has 1 saturated heterocycles. The van der Waals surface area contributed by atoms with Gasteiger partial charge in [0.05, 0.1) is 0 Å². The summed E-state index contributed by atoms with van der Waals surface area (Å²) in [7, 11) is 0. The minimum atomic E-state index is 0.476. The van der Waals surface area contributed by atoms with Crippen molar-refractivity contribution in [2.24, 2.45) is 5.41 Å². The van der Waals surface area contributed by atoms with E-state index in [9.17, 15) is 0 Å². The van der Waals surface area contributed by atoms with Crippen LogP contribution in [0.15, 0.2) is 12.1 Å². The SMILES string of the molecule is CCNCc1cc(CC)nc(N2CCCC(C)(C)CC2)c1. The van der Waals surface area contributed by atoms with Gasteiger partial charge in [0.2, 0.25) is 0 Å². The van der Waals surface area contributed by atoms with Crippen LogP contribution >= 0.6 is 0 Å². The van der Waals surface area contributed by atoms with E-state index >= 15 is 0 Å². The average molecular weight is 289 g/mol. The third kappa shape index (κ3) is 4.70. The predicted molar refractivity (Wildman–Crippen MR) is 90.8 cm³/mol. The molecule has 1 aliphatic rings. The summed E-state index contributed by atoms with van der Waals surface area (Å²) in [4.78, 5) is 7.36. The molecule has 0 bridgehead atoms. The zero-order valence-electron chi connectivity index (χ0n) is 14.2. The fraction of sp³-hybridized carbons (Fsp3) is 0.722. The topological polar surface area (TPSA) is 28.2 Å². The average Bonchev–Trinajstić information content (AvgIpc) is 2.65. The zero-order valence-corrected chi connectivity index (χ0v) is 14.2. The third-order valence-corrected chi connectivity index (χ3v) is 4.53. The Morgan fingerprint density at radius 1 is 1.19 bits per heavy atom. The second kappa shape index (κ2) is 7.26. The first kappa shape index (κ1) is 16.3. The highest BCUT2D eigenvalue weighted by atomic mass is 15.2. The van der Waals surface area contributed by atoms with E-state index in [1.54, 1.807) is 0 Å². The van der Waals surface area contributed by atoms with Gasteiger partial charge in [-0.05, 0) is 55.3 Å². The Morgan fingerprint density at radius 3 is 2.71 bits per heavy atom. The molecule has 21 heavy (non-hydrogen) atoms. The van der Waals surface area contributed by atoms with E-state index in [-0.39, 0.29) is 0 Å². The van der Waals surface area contributed by atoms with Crippen molar-refractivity contribution in [3.05, 3.63) is 23.4 Å². The van der Waals surface area contributed by atoms with E-state index in [2.05, 4.69) is 50.0 Å². The number of hydrogen-bond acceptors (Lipinski definition) is 3. The highest BCUT2D eigenvalue weighted by molar-refractivity contribution is 5.43. The molecule has 2 heterocycles. The zero-order chi connectivity index (χ0) is 15.3. The normalized spacial score (nSPS) is 18.6. The van der Waals surface area contributed by atoms with Crippen LogP contribution in [0.25, 0.3) is 0 Å². The maximum absolute atomic E-state index is 4.87. The summed E-state index contributed by atoms with van der Waals surface area (Å²) in [6.07, 6.45) is 4.86. The van der Waals surface area contributed by atoms with Crippen LogP contribution in [0.2, 0.25) is 0 Å². The highest BCUT2D eigenvalue weighted by Gasteiger charge is 2.23. The van der Waals surface area contributed by atoms with Gasteiger partial charge in [-0.2, -0.15) is 0 Å². The Hall–Kier alpha value is -1.09. The quantitative estimate of drug-likeness (QED) is 0.894. The number of anilines is 1. The van der Waals surface area contributed by atoms with Crippen LogP contribution in [-0.2, 0) is 13.0 Å². The molecular weight excluding hydrogens is 258 g/mol. The van der Waals surface area contributed by atoms with Crippen molar-refractivity contribution in [3.8, 4) is 0 Å². The van der Waals surface area contributed by atoms with Crippen molar-refractivity contribution < 1.29 is 0 Å². The predicted octanol–water partition coefficient (Wildman–Crippen LogP) is 3.77. The summed E-state index contributed by atoms with van der Waals surface area (Å²) in [6.45, 7) is 13.4. The molecule has 2 rings (SSSR count). The minimum Gasteiger partial charge on any atom is -0.357 e. The van der Waals surface area contributed by atoms with Gasteiger partial charge in [-0.25, -0.2) is 4.98 Å². The van der Waals surface area contributed by atoms with Gasteiger partial charge in [0, 0.05) is 25.3 Å². The molecule has 0 radical (unpaired) electrons. The molecule has 0 amide bonds. The lowest BCUT2D eigenvalue weighted by molar-refractivity contribution is 0.325. The summed E-state index contributed by atoms with van der Waals surface area (Å²) in [5.41, 5.74) is 3.05. The molecular formula is C18H31N3. The number of nitrogens with one attached hydrogen (secondary N) is 1. The molecule has 0 aromatic carbocycles. The van der Waals surface area contributed by atoms with Crippen molar-refractivity contribution in [1.29, 1.82) is 0 Å². The molecule has 0 unspecified atom stereocenters. The van der Waals surface area contributed by atoms with E-state index in [4.69, 9.17) is 4.98 Å². The van der Waals surface area contributed by atoms with Gasteiger partial charge in [-0.1, -0.05) is 27.7 Å². The maximum atomic E-state index is 4.87. The number of rotatable bonds is 5. The van der Waals surface area contributed by atoms with Crippen molar-refractivity contribution in [1.82, 2.24) is 10.3 Å². The molecule has 1 fully saturated rings. The van der Waals surface area contributed by atoms with Gasteiger partial charge in [-0.3, -0.25) is 0 Å². The van der Waals surface area contributed by atoms with Crippen LogP contribution in [-0.4, -0.2) is 24.6 Å². The molecule has 1 N–H and O–H groups in total. The first-order chi connectivity index (χ1) is 10.0. The van der Waals surface area contributed by atoms with Crippen LogP contribution in [0.5, 0.6) is 0 Å². The Kier molecular flexibility index (Phi) is 5.63. The lowest BCUT2D eigenvalue weighted by atomic mass is 9.85. The fourth-order valence-electron chi connectivity index (χ4n) is 3.00. The molecule has 0 atom stereocenters. The van der Waals surface area contributed by atoms with Gasteiger partial charge >= 0.3 is 0 Å². The van der Waals surface area contributed by atoms with Crippen molar-refractivity contribution >= 4 is 5.82 Å². The van der Waals surface area contributed by atoms with E-state index in [1.807, 2.05) is 0 Å². The standard InChI is InChI=1S/C18H31N3/c1-5-16-12-15(14-19-6-2)13-17(20-16)21-10-7-8-18(3,4)9-11-21/h12-13,19H,5-11,14H2,1-4H3. The maximum Gasteiger partial charge on any atom is 0.129 e. The Balaban J connectivity index is 2.17. The highest BCUT2D eigenvalue weighted by Crippen LogP contribution is 2.31.